The van der Waals surface area contributed by atoms with E-state index >= 15 is 0 Å². The molecule has 154 valence electrons. The van der Waals surface area contributed by atoms with Crippen LogP contribution in [0.5, 0.6) is 0 Å². The molecular weight excluding hydrogens is 374 g/mol. The van der Waals surface area contributed by atoms with Gasteiger partial charge in [0, 0.05) is 24.3 Å². The number of nitrogens with two attached hydrogens (primary N) is 1. The number of benzene rings is 3. The highest BCUT2D eigenvalue weighted by Gasteiger charge is 2.14. The molecule has 0 radical (unpaired) electrons. The average Bonchev–Trinajstić information content (AvgIpc) is 2.76. The number of nitrogens with zero attached hydrogens (tertiary/aromatic N) is 1. The zero-order valence-corrected chi connectivity index (χ0v) is 17.2. The summed E-state index contributed by atoms with van der Waals surface area (Å²) in [5.41, 5.74) is 9.72. The van der Waals surface area contributed by atoms with Crippen LogP contribution in [0.15, 0.2) is 78.9 Å². The molecule has 3 N–H and O–H groups in total. The Kier molecular flexibility index (Phi) is 7.22. The van der Waals surface area contributed by atoms with E-state index in [2.05, 4.69) is 17.4 Å². The van der Waals surface area contributed by atoms with Gasteiger partial charge in [0.2, 0.25) is 11.8 Å². The van der Waals surface area contributed by atoms with E-state index in [1.54, 1.807) is 12.1 Å². The van der Waals surface area contributed by atoms with E-state index in [-0.39, 0.29) is 12.5 Å². The molecule has 3 aromatic rings. The molecule has 0 spiro atoms. The molecule has 0 bridgehead atoms. The second-order valence-corrected chi connectivity index (χ2v) is 7.28. The molecule has 0 saturated carbocycles. The first-order chi connectivity index (χ1) is 14.5. The summed E-state index contributed by atoms with van der Waals surface area (Å²) in [5.74, 6) is -0.434. The third kappa shape index (κ3) is 5.95. The topological polar surface area (TPSA) is 75.4 Å². The summed E-state index contributed by atoms with van der Waals surface area (Å²) < 4.78 is 0. The molecule has 0 aromatic heterocycles. The molecule has 5 nitrogen and oxygen atoms in total. The lowest BCUT2D eigenvalue weighted by Crippen LogP contribution is -2.36. The molecule has 0 heterocycles. The van der Waals surface area contributed by atoms with Crippen LogP contribution in [0, 0.1) is 6.92 Å². The molecule has 0 unspecified atom stereocenters. The first-order valence-corrected chi connectivity index (χ1v) is 10.0. The van der Waals surface area contributed by atoms with Crippen LogP contribution in [0.1, 0.15) is 27.0 Å². The van der Waals surface area contributed by atoms with Crippen molar-refractivity contribution in [1.29, 1.82) is 0 Å². The number of primary amides is 1. The number of carbonyl (C=O) groups is 2. The summed E-state index contributed by atoms with van der Waals surface area (Å²) in [6.07, 6.45) is 0.797. The Balaban J connectivity index is 1.66. The first-order valence-electron chi connectivity index (χ1n) is 10.0. The molecule has 0 aliphatic carbocycles. The lowest BCUT2D eigenvalue weighted by Gasteiger charge is -2.23. The fraction of sp³-hybridized carbons (Fsp3) is 0.200. The van der Waals surface area contributed by atoms with Crippen LogP contribution >= 0.6 is 0 Å². The summed E-state index contributed by atoms with van der Waals surface area (Å²) in [7, 11) is 0. The van der Waals surface area contributed by atoms with Gasteiger partial charge in [-0.3, -0.25) is 9.59 Å². The Morgan fingerprint density at radius 3 is 2.13 bits per heavy atom. The number of amides is 2. The SMILES string of the molecule is Cc1cc(NCC(=O)N(CCc2ccccc2)Cc2ccccc2)ccc1C(N)=O. The van der Waals surface area contributed by atoms with Gasteiger partial charge in [0.1, 0.15) is 0 Å². The van der Waals surface area contributed by atoms with Gasteiger partial charge in [0.05, 0.1) is 6.54 Å². The minimum Gasteiger partial charge on any atom is -0.376 e. The van der Waals surface area contributed by atoms with Crippen molar-refractivity contribution in [2.75, 3.05) is 18.4 Å². The van der Waals surface area contributed by atoms with E-state index in [0.29, 0.717) is 18.7 Å². The minimum atomic E-state index is -0.454. The number of rotatable bonds is 9. The van der Waals surface area contributed by atoms with Crippen molar-refractivity contribution < 1.29 is 9.59 Å². The minimum absolute atomic E-state index is 0.0198. The number of anilines is 1. The number of carbonyl (C=O) groups excluding carboxylic acids is 2. The summed E-state index contributed by atoms with van der Waals surface area (Å²) in [6.45, 7) is 3.21. The van der Waals surface area contributed by atoms with Gasteiger partial charge in [-0.05, 0) is 48.2 Å². The van der Waals surface area contributed by atoms with Gasteiger partial charge in [-0.25, -0.2) is 0 Å². The molecule has 0 atom stereocenters. The van der Waals surface area contributed by atoms with E-state index in [0.717, 1.165) is 23.2 Å². The zero-order valence-electron chi connectivity index (χ0n) is 17.2. The van der Waals surface area contributed by atoms with Gasteiger partial charge in [-0.1, -0.05) is 60.7 Å². The summed E-state index contributed by atoms with van der Waals surface area (Å²) in [6, 6.07) is 25.4. The summed E-state index contributed by atoms with van der Waals surface area (Å²) in [4.78, 5) is 26.3. The fourth-order valence-electron chi connectivity index (χ4n) is 3.34. The van der Waals surface area contributed by atoms with Crippen LogP contribution < -0.4 is 11.1 Å². The van der Waals surface area contributed by atoms with Gasteiger partial charge in [-0.2, -0.15) is 0 Å². The number of nitrogens with one attached hydrogen (secondary N) is 1. The maximum absolute atomic E-state index is 13.0. The monoisotopic (exact) mass is 401 g/mol. The van der Waals surface area contributed by atoms with Crippen LogP contribution in [-0.2, 0) is 17.8 Å². The van der Waals surface area contributed by atoms with E-state index in [4.69, 9.17) is 5.73 Å². The van der Waals surface area contributed by atoms with Gasteiger partial charge in [-0.15, -0.1) is 0 Å². The lowest BCUT2D eigenvalue weighted by molar-refractivity contribution is -0.129. The summed E-state index contributed by atoms with van der Waals surface area (Å²) in [5, 5.41) is 3.17. The lowest BCUT2D eigenvalue weighted by atomic mass is 10.1. The largest absolute Gasteiger partial charge is 0.376 e. The van der Waals surface area contributed by atoms with E-state index in [1.807, 2.05) is 66.4 Å². The molecule has 0 saturated heterocycles. The molecule has 0 aliphatic heterocycles. The van der Waals surface area contributed by atoms with Crippen LogP contribution in [-0.4, -0.2) is 29.8 Å². The smallest absolute Gasteiger partial charge is 0.248 e. The Morgan fingerprint density at radius 2 is 1.53 bits per heavy atom. The van der Waals surface area contributed by atoms with Crippen molar-refractivity contribution in [2.45, 2.75) is 19.9 Å². The van der Waals surface area contributed by atoms with Gasteiger partial charge < -0.3 is 16.0 Å². The van der Waals surface area contributed by atoms with Gasteiger partial charge in [0.15, 0.2) is 0 Å². The Bertz CT molecular complexity index is 988. The zero-order chi connectivity index (χ0) is 21.3. The maximum Gasteiger partial charge on any atom is 0.248 e. The van der Waals surface area contributed by atoms with E-state index < -0.39 is 5.91 Å². The predicted molar refractivity (Wildman–Crippen MR) is 120 cm³/mol. The van der Waals surface area contributed by atoms with Crippen molar-refractivity contribution in [3.05, 3.63) is 101 Å². The van der Waals surface area contributed by atoms with Crippen molar-refractivity contribution >= 4 is 17.5 Å². The molecule has 30 heavy (non-hydrogen) atoms. The number of hydrogen-bond donors (Lipinski definition) is 2. The van der Waals surface area contributed by atoms with Crippen LogP contribution in [0.4, 0.5) is 5.69 Å². The number of hydrogen-bond acceptors (Lipinski definition) is 3. The van der Waals surface area contributed by atoms with Gasteiger partial charge in [0.25, 0.3) is 0 Å². The van der Waals surface area contributed by atoms with Crippen LogP contribution in [0.25, 0.3) is 0 Å². The predicted octanol–water partition coefficient (Wildman–Crippen LogP) is 3.78. The second-order valence-electron chi connectivity index (χ2n) is 7.28. The molecule has 5 heteroatoms. The maximum atomic E-state index is 13.0. The standard InChI is InChI=1S/C25H27N3O2/c1-19-16-22(12-13-23(19)25(26)30)27-17-24(29)28(18-21-10-6-3-7-11-21)15-14-20-8-4-2-5-9-20/h2-13,16,27H,14-15,17-18H2,1H3,(H2,26,30). The molecular formula is C25H27N3O2. The fourth-order valence-corrected chi connectivity index (χ4v) is 3.34. The van der Waals surface area contributed by atoms with Crippen molar-refractivity contribution in [2.24, 2.45) is 5.73 Å². The van der Waals surface area contributed by atoms with E-state index in [1.165, 1.54) is 5.56 Å². The van der Waals surface area contributed by atoms with Crippen molar-refractivity contribution in [3.63, 3.8) is 0 Å². The van der Waals surface area contributed by atoms with Crippen molar-refractivity contribution in [3.8, 4) is 0 Å². The first kappa shape index (κ1) is 21.1. The highest BCUT2D eigenvalue weighted by atomic mass is 16.2. The third-order valence-electron chi connectivity index (χ3n) is 5.02. The molecule has 3 rings (SSSR count). The van der Waals surface area contributed by atoms with Crippen LogP contribution in [0.2, 0.25) is 0 Å². The molecule has 0 fully saturated rings. The normalized spacial score (nSPS) is 10.4. The Morgan fingerprint density at radius 1 is 0.900 bits per heavy atom. The average molecular weight is 402 g/mol. The molecule has 0 aliphatic rings. The van der Waals surface area contributed by atoms with E-state index in [9.17, 15) is 9.59 Å². The number of aryl methyl sites for hydroxylation is 1. The third-order valence-corrected chi connectivity index (χ3v) is 5.02. The molecule has 3 aromatic carbocycles. The quantitative estimate of drug-likeness (QED) is 0.573. The van der Waals surface area contributed by atoms with Gasteiger partial charge >= 0.3 is 0 Å². The van der Waals surface area contributed by atoms with Crippen LogP contribution in [0.3, 0.4) is 0 Å². The summed E-state index contributed by atoms with van der Waals surface area (Å²) >= 11 is 0. The second kappa shape index (κ2) is 10.3. The highest BCUT2D eigenvalue weighted by molar-refractivity contribution is 5.94. The highest BCUT2D eigenvalue weighted by Crippen LogP contribution is 2.15. The molecule has 2 amide bonds. The Labute approximate surface area is 177 Å². The Hall–Kier alpha value is -3.60. The van der Waals surface area contributed by atoms with Crippen molar-refractivity contribution in [1.82, 2.24) is 4.90 Å².